The van der Waals surface area contributed by atoms with Crippen molar-refractivity contribution >= 4 is 29.9 Å². The third-order valence-corrected chi connectivity index (χ3v) is 3.94. The molecule has 122 valence electrons. The molecule has 0 radical (unpaired) electrons. The molecule has 0 aromatic heterocycles. The fraction of sp³-hybridized carbons (Fsp3) is 0.500. The third-order valence-electron chi connectivity index (χ3n) is 3.94. The highest BCUT2D eigenvalue weighted by atomic mass is 35.5. The third kappa shape index (κ3) is 5.00. The summed E-state index contributed by atoms with van der Waals surface area (Å²) in [5, 5.41) is 5.78. The number of amides is 2. The maximum atomic E-state index is 11.9. The molecule has 2 amide bonds. The summed E-state index contributed by atoms with van der Waals surface area (Å²) in [5.41, 5.74) is 7.20. The van der Waals surface area contributed by atoms with Gasteiger partial charge < -0.3 is 16.4 Å². The number of nitrogens with one attached hydrogen (secondary N) is 2. The van der Waals surface area contributed by atoms with Crippen LogP contribution in [0.15, 0.2) is 24.3 Å². The molecule has 22 heavy (non-hydrogen) atoms. The molecule has 1 unspecified atom stereocenters. The molecule has 1 aliphatic rings. The Bertz CT molecular complexity index is 518. The summed E-state index contributed by atoms with van der Waals surface area (Å²) < 4.78 is 0. The number of rotatable bonds is 6. The largest absolute Gasteiger partial charge is 0.352 e. The van der Waals surface area contributed by atoms with E-state index in [4.69, 9.17) is 5.73 Å². The number of hydrogen-bond acceptors (Lipinski definition) is 3. The molecular weight excluding hydrogens is 302 g/mol. The average Bonchev–Trinajstić information content (AvgIpc) is 2.42. The van der Waals surface area contributed by atoms with E-state index < -0.39 is 0 Å². The molecule has 0 aliphatic heterocycles. The Kier molecular flexibility index (Phi) is 7.35. The standard InChI is InChI=1S/C16H23N3O2.ClH/c1-11(9-17)15(20)18-10-12-4-2-7-14(8-12)19-16(21)13-5-3-6-13;/h2,4,7-8,11,13H,3,5-6,9-10,17H2,1H3,(H,18,20)(H,19,21);1H. The minimum atomic E-state index is -0.188. The summed E-state index contributed by atoms with van der Waals surface area (Å²) in [6.45, 7) is 2.57. The van der Waals surface area contributed by atoms with E-state index >= 15 is 0 Å². The number of carbonyl (C=O) groups is 2. The van der Waals surface area contributed by atoms with Crippen LogP contribution in [-0.2, 0) is 16.1 Å². The lowest BCUT2D eigenvalue weighted by Gasteiger charge is -2.24. The number of anilines is 1. The van der Waals surface area contributed by atoms with Crippen molar-refractivity contribution in [2.24, 2.45) is 17.6 Å². The Morgan fingerprint density at radius 2 is 2.09 bits per heavy atom. The van der Waals surface area contributed by atoms with Gasteiger partial charge in [-0.05, 0) is 30.5 Å². The monoisotopic (exact) mass is 325 g/mol. The van der Waals surface area contributed by atoms with Crippen LogP contribution in [0.2, 0.25) is 0 Å². The van der Waals surface area contributed by atoms with Crippen LogP contribution in [0.1, 0.15) is 31.7 Å². The topological polar surface area (TPSA) is 84.2 Å². The van der Waals surface area contributed by atoms with Crippen LogP contribution in [-0.4, -0.2) is 18.4 Å². The Labute approximate surface area is 137 Å². The van der Waals surface area contributed by atoms with Crippen molar-refractivity contribution in [2.45, 2.75) is 32.7 Å². The maximum Gasteiger partial charge on any atom is 0.227 e. The van der Waals surface area contributed by atoms with Gasteiger partial charge in [0.15, 0.2) is 0 Å². The second-order valence-electron chi connectivity index (χ2n) is 5.67. The average molecular weight is 326 g/mol. The zero-order chi connectivity index (χ0) is 15.2. The first kappa shape index (κ1) is 18.5. The van der Waals surface area contributed by atoms with Crippen LogP contribution < -0.4 is 16.4 Å². The summed E-state index contributed by atoms with van der Waals surface area (Å²) in [4.78, 5) is 23.6. The number of halogens is 1. The highest BCUT2D eigenvalue weighted by Crippen LogP contribution is 2.27. The molecule has 5 nitrogen and oxygen atoms in total. The minimum Gasteiger partial charge on any atom is -0.352 e. The molecule has 0 bridgehead atoms. The van der Waals surface area contributed by atoms with Gasteiger partial charge in [0.25, 0.3) is 0 Å². The highest BCUT2D eigenvalue weighted by Gasteiger charge is 2.25. The van der Waals surface area contributed by atoms with Crippen molar-refractivity contribution in [3.05, 3.63) is 29.8 Å². The smallest absolute Gasteiger partial charge is 0.227 e. The molecule has 0 spiro atoms. The lowest BCUT2D eigenvalue weighted by atomic mass is 9.85. The van der Waals surface area contributed by atoms with Crippen LogP contribution in [0, 0.1) is 11.8 Å². The van der Waals surface area contributed by atoms with Crippen molar-refractivity contribution in [1.29, 1.82) is 0 Å². The van der Waals surface area contributed by atoms with Gasteiger partial charge >= 0.3 is 0 Å². The van der Waals surface area contributed by atoms with Crippen LogP contribution in [0.25, 0.3) is 0 Å². The summed E-state index contributed by atoms with van der Waals surface area (Å²) in [5.74, 6) is 0.0193. The van der Waals surface area contributed by atoms with Gasteiger partial charge in [-0.15, -0.1) is 12.4 Å². The van der Waals surface area contributed by atoms with E-state index in [0.717, 1.165) is 30.5 Å². The maximum absolute atomic E-state index is 11.9. The molecule has 1 aromatic carbocycles. The quantitative estimate of drug-likeness (QED) is 0.748. The van der Waals surface area contributed by atoms with E-state index in [-0.39, 0.29) is 36.1 Å². The lowest BCUT2D eigenvalue weighted by Crippen LogP contribution is -2.32. The second kappa shape index (κ2) is 8.76. The van der Waals surface area contributed by atoms with Gasteiger partial charge in [0.2, 0.25) is 11.8 Å². The fourth-order valence-corrected chi connectivity index (χ4v) is 2.14. The fourth-order valence-electron chi connectivity index (χ4n) is 2.14. The molecule has 0 saturated heterocycles. The normalized spacial score (nSPS) is 15.2. The van der Waals surface area contributed by atoms with Crippen LogP contribution in [0.4, 0.5) is 5.69 Å². The van der Waals surface area contributed by atoms with Gasteiger partial charge in [0.1, 0.15) is 0 Å². The Morgan fingerprint density at radius 1 is 1.36 bits per heavy atom. The lowest BCUT2D eigenvalue weighted by molar-refractivity contribution is -0.124. The summed E-state index contributed by atoms with van der Waals surface area (Å²) in [6, 6.07) is 7.56. The number of benzene rings is 1. The van der Waals surface area contributed by atoms with E-state index in [1.807, 2.05) is 24.3 Å². The molecule has 0 heterocycles. The summed E-state index contributed by atoms with van der Waals surface area (Å²) in [6.07, 6.45) is 3.11. The van der Waals surface area contributed by atoms with Gasteiger partial charge in [-0.25, -0.2) is 0 Å². The Morgan fingerprint density at radius 3 is 2.68 bits per heavy atom. The summed E-state index contributed by atoms with van der Waals surface area (Å²) in [7, 11) is 0. The van der Waals surface area contributed by atoms with Crippen LogP contribution in [0.3, 0.4) is 0 Å². The van der Waals surface area contributed by atoms with Crippen molar-refractivity contribution in [1.82, 2.24) is 5.32 Å². The number of hydrogen-bond donors (Lipinski definition) is 3. The molecule has 4 N–H and O–H groups in total. The first-order valence-electron chi connectivity index (χ1n) is 7.47. The summed E-state index contributed by atoms with van der Waals surface area (Å²) >= 11 is 0. The zero-order valence-electron chi connectivity index (χ0n) is 12.8. The van der Waals surface area contributed by atoms with Crippen LogP contribution >= 0.6 is 12.4 Å². The molecule has 1 aromatic rings. The van der Waals surface area contributed by atoms with Gasteiger partial charge in [0, 0.05) is 30.6 Å². The SMILES string of the molecule is CC(CN)C(=O)NCc1cccc(NC(=O)C2CCC2)c1.Cl. The van der Waals surface area contributed by atoms with Crippen molar-refractivity contribution in [3.63, 3.8) is 0 Å². The van der Waals surface area contributed by atoms with E-state index in [2.05, 4.69) is 10.6 Å². The van der Waals surface area contributed by atoms with Gasteiger partial charge in [-0.1, -0.05) is 25.5 Å². The Balaban J connectivity index is 0.00000242. The molecular formula is C16H24ClN3O2. The Hall–Kier alpha value is -1.59. The molecule has 1 atom stereocenters. The van der Waals surface area contributed by atoms with Crippen molar-refractivity contribution < 1.29 is 9.59 Å². The van der Waals surface area contributed by atoms with E-state index in [9.17, 15) is 9.59 Å². The first-order valence-corrected chi connectivity index (χ1v) is 7.47. The van der Waals surface area contributed by atoms with Crippen molar-refractivity contribution in [2.75, 3.05) is 11.9 Å². The molecule has 6 heteroatoms. The molecule has 1 fully saturated rings. The molecule has 1 saturated carbocycles. The second-order valence-corrected chi connectivity index (χ2v) is 5.67. The van der Waals surface area contributed by atoms with E-state index in [1.165, 1.54) is 0 Å². The molecule has 1 aliphatic carbocycles. The van der Waals surface area contributed by atoms with E-state index in [1.54, 1.807) is 6.92 Å². The molecule has 2 rings (SSSR count). The number of carbonyl (C=O) groups excluding carboxylic acids is 2. The predicted molar refractivity (Wildman–Crippen MR) is 89.7 cm³/mol. The highest BCUT2D eigenvalue weighted by molar-refractivity contribution is 5.93. The van der Waals surface area contributed by atoms with Crippen molar-refractivity contribution in [3.8, 4) is 0 Å². The minimum absolute atomic E-state index is 0. The van der Waals surface area contributed by atoms with Gasteiger partial charge in [-0.3, -0.25) is 9.59 Å². The number of nitrogens with two attached hydrogens (primary N) is 1. The van der Waals surface area contributed by atoms with Gasteiger partial charge in [0.05, 0.1) is 0 Å². The first-order chi connectivity index (χ1) is 10.1. The predicted octanol–water partition coefficient (Wildman–Crippen LogP) is 2.06. The zero-order valence-corrected chi connectivity index (χ0v) is 13.6. The van der Waals surface area contributed by atoms with Gasteiger partial charge in [-0.2, -0.15) is 0 Å². The van der Waals surface area contributed by atoms with E-state index in [0.29, 0.717) is 13.1 Å². The van der Waals surface area contributed by atoms with Crippen LogP contribution in [0.5, 0.6) is 0 Å².